The van der Waals surface area contributed by atoms with E-state index in [0.29, 0.717) is 10.8 Å². The predicted molar refractivity (Wildman–Crippen MR) is 95.9 cm³/mol. The first kappa shape index (κ1) is 16.3. The van der Waals surface area contributed by atoms with E-state index >= 15 is 0 Å². The molecule has 2 atom stereocenters. The van der Waals surface area contributed by atoms with Gasteiger partial charge in [-0.3, -0.25) is 0 Å². The second-order valence-corrected chi connectivity index (χ2v) is 9.73. The molecule has 0 amide bonds. The van der Waals surface area contributed by atoms with Gasteiger partial charge in [0.25, 0.3) is 0 Å². The van der Waals surface area contributed by atoms with Gasteiger partial charge in [-0.1, -0.05) is 65.7 Å². The fourth-order valence-corrected chi connectivity index (χ4v) is 5.52. The van der Waals surface area contributed by atoms with Crippen LogP contribution in [-0.4, -0.2) is 12.1 Å². The molecule has 2 aliphatic carbocycles. The zero-order chi connectivity index (χ0) is 16.2. The van der Waals surface area contributed by atoms with Crippen LogP contribution in [0.15, 0.2) is 23.8 Å². The van der Waals surface area contributed by atoms with E-state index in [-0.39, 0.29) is 11.0 Å². The first-order valence-electron chi connectivity index (χ1n) is 9.28. The topological polar surface area (TPSA) is 12.0 Å². The molecular weight excluding hydrogens is 266 g/mol. The Morgan fingerprint density at radius 2 is 1.73 bits per heavy atom. The van der Waals surface area contributed by atoms with Crippen molar-refractivity contribution in [2.75, 3.05) is 6.54 Å². The van der Waals surface area contributed by atoms with E-state index in [1.165, 1.54) is 25.7 Å². The van der Waals surface area contributed by atoms with Crippen LogP contribution in [0.2, 0.25) is 0 Å². The summed E-state index contributed by atoms with van der Waals surface area (Å²) in [6.45, 7) is 16.0. The Labute approximate surface area is 137 Å². The maximum atomic E-state index is 3.96. The minimum absolute atomic E-state index is 0.180. The van der Waals surface area contributed by atoms with Crippen LogP contribution >= 0.6 is 0 Å². The van der Waals surface area contributed by atoms with Crippen LogP contribution in [-0.2, 0) is 0 Å². The van der Waals surface area contributed by atoms with E-state index in [1.807, 2.05) is 0 Å². The van der Waals surface area contributed by atoms with E-state index < -0.39 is 0 Å². The summed E-state index contributed by atoms with van der Waals surface area (Å²) in [6, 6.07) is 0. The van der Waals surface area contributed by atoms with Gasteiger partial charge in [-0.05, 0) is 48.5 Å². The second kappa shape index (κ2) is 4.97. The zero-order valence-electron chi connectivity index (χ0n) is 15.6. The number of rotatable bonds is 2. The average molecular weight is 302 g/mol. The van der Waals surface area contributed by atoms with Crippen LogP contribution in [0.4, 0.5) is 0 Å². The third-order valence-corrected chi connectivity index (χ3v) is 7.80. The minimum Gasteiger partial charge on any atom is -0.307 e. The fraction of sp³-hybridized carbons (Fsp3) is 0.810. The summed E-state index contributed by atoms with van der Waals surface area (Å²) in [6.07, 6.45) is 13.9. The summed E-state index contributed by atoms with van der Waals surface area (Å²) in [7, 11) is 0. The van der Waals surface area contributed by atoms with Gasteiger partial charge in [-0.2, -0.15) is 0 Å². The summed E-state index contributed by atoms with van der Waals surface area (Å²) >= 11 is 0. The van der Waals surface area contributed by atoms with Gasteiger partial charge < -0.3 is 5.32 Å². The Hall–Kier alpha value is -0.560. The molecule has 2 unspecified atom stereocenters. The number of hydrogen-bond acceptors (Lipinski definition) is 1. The normalized spacial score (nSPS) is 36.5. The van der Waals surface area contributed by atoms with Crippen molar-refractivity contribution in [3.05, 3.63) is 23.8 Å². The maximum absolute atomic E-state index is 3.96. The highest BCUT2D eigenvalue weighted by molar-refractivity contribution is 5.42. The van der Waals surface area contributed by atoms with E-state index in [9.17, 15) is 0 Å². The molecule has 0 radical (unpaired) electrons. The highest BCUT2D eigenvalue weighted by atomic mass is 15.0. The number of nitrogens with one attached hydrogen (secondary N) is 1. The molecule has 0 aromatic heterocycles. The van der Waals surface area contributed by atoms with Gasteiger partial charge in [0.1, 0.15) is 0 Å². The zero-order valence-corrected chi connectivity index (χ0v) is 15.6. The molecular formula is C21H35N. The maximum Gasteiger partial charge on any atom is 0.0409 e. The molecule has 0 bridgehead atoms. The van der Waals surface area contributed by atoms with Crippen molar-refractivity contribution in [1.29, 1.82) is 0 Å². The Balaban J connectivity index is 2.17. The molecule has 124 valence electrons. The fourth-order valence-electron chi connectivity index (χ4n) is 5.52. The summed E-state index contributed by atoms with van der Waals surface area (Å²) in [5.41, 5.74) is 2.76. The highest BCUT2D eigenvalue weighted by Crippen LogP contribution is 2.65. The lowest BCUT2D eigenvalue weighted by Crippen LogP contribution is -2.53. The van der Waals surface area contributed by atoms with Gasteiger partial charge in [0.05, 0.1) is 0 Å². The Morgan fingerprint density at radius 1 is 1.09 bits per heavy atom. The van der Waals surface area contributed by atoms with Crippen LogP contribution in [0.5, 0.6) is 0 Å². The van der Waals surface area contributed by atoms with Crippen LogP contribution in [0, 0.1) is 22.2 Å². The first-order valence-corrected chi connectivity index (χ1v) is 9.28. The molecule has 1 heteroatoms. The van der Waals surface area contributed by atoms with Crippen LogP contribution in [0.1, 0.15) is 73.6 Å². The molecule has 0 aromatic rings. The van der Waals surface area contributed by atoms with Gasteiger partial charge in [0.15, 0.2) is 0 Å². The average Bonchev–Trinajstić information content (AvgIpc) is 3.02. The molecule has 1 saturated carbocycles. The quantitative estimate of drug-likeness (QED) is 0.711. The van der Waals surface area contributed by atoms with E-state index in [4.69, 9.17) is 0 Å². The van der Waals surface area contributed by atoms with E-state index in [0.717, 1.165) is 18.9 Å². The highest BCUT2D eigenvalue weighted by Gasteiger charge is 2.63. The Bertz CT molecular complexity index is 498. The van der Waals surface area contributed by atoms with Crippen LogP contribution < -0.4 is 5.32 Å². The standard InChI is InChI=1S/C21H35N/c1-18(2,3)19(4,5)21(16-11-7-8-12-16)15-22-20(6)14-10-9-13-17(20)21/h9-10,13,16,22H,7-8,11-12,14-15H2,1-6H3. The van der Waals surface area contributed by atoms with Crippen molar-refractivity contribution < 1.29 is 0 Å². The third kappa shape index (κ3) is 2.00. The predicted octanol–water partition coefficient (Wildman–Crippen LogP) is 5.48. The molecule has 3 rings (SSSR count). The SMILES string of the molecule is CC12CC=CC=C1C(C1CCCC1)(C(C)(C)C(C)(C)C)CN2. The molecule has 0 spiro atoms. The summed E-state index contributed by atoms with van der Waals surface area (Å²) in [5.74, 6) is 0.841. The van der Waals surface area contributed by atoms with Crippen molar-refractivity contribution in [1.82, 2.24) is 5.32 Å². The van der Waals surface area contributed by atoms with Crippen molar-refractivity contribution >= 4 is 0 Å². The molecule has 1 heterocycles. The van der Waals surface area contributed by atoms with Gasteiger partial charge in [-0.15, -0.1) is 0 Å². The van der Waals surface area contributed by atoms with Gasteiger partial charge in [0.2, 0.25) is 0 Å². The summed E-state index contributed by atoms with van der Waals surface area (Å²) < 4.78 is 0. The van der Waals surface area contributed by atoms with Crippen molar-refractivity contribution in [3.63, 3.8) is 0 Å². The van der Waals surface area contributed by atoms with E-state index in [2.05, 4.69) is 65.1 Å². The van der Waals surface area contributed by atoms with Gasteiger partial charge >= 0.3 is 0 Å². The molecule has 1 saturated heterocycles. The lowest BCUT2D eigenvalue weighted by Gasteiger charge is -2.57. The van der Waals surface area contributed by atoms with Crippen LogP contribution in [0.3, 0.4) is 0 Å². The molecule has 22 heavy (non-hydrogen) atoms. The molecule has 1 aliphatic heterocycles. The first-order chi connectivity index (χ1) is 10.2. The monoisotopic (exact) mass is 301 g/mol. The van der Waals surface area contributed by atoms with Crippen molar-refractivity contribution in [2.45, 2.75) is 79.2 Å². The largest absolute Gasteiger partial charge is 0.307 e. The molecule has 3 aliphatic rings. The van der Waals surface area contributed by atoms with Crippen molar-refractivity contribution in [2.24, 2.45) is 22.2 Å². The number of hydrogen-bond donors (Lipinski definition) is 1. The molecule has 0 aromatic carbocycles. The lowest BCUT2D eigenvalue weighted by atomic mass is 9.46. The lowest BCUT2D eigenvalue weighted by molar-refractivity contribution is -0.0346. The Kier molecular flexibility index (Phi) is 3.68. The van der Waals surface area contributed by atoms with E-state index in [1.54, 1.807) is 5.57 Å². The van der Waals surface area contributed by atoms with Gasteiger partial charge in [0, 0.05) is 17.5 Å². The second-order valence-electron chi connectivity index (χ2n) is 9.73. The number of allylic oxidation sites excluding steroid dienone is 2. The minimum atomic E-state index is 0.180. The third-order valence-electron chi connectivity index (χ3n) is 7.80. The molecule has 2 fully saturated rings. The Morgan fingerprint density at radius 3 is 2.32 bits per heavy atom. The van der Waals surface area contributed by atoms with Crippen LogP contribution in [0.25, 0.3) is 0 Å². The molecule has 1 nitrogen and oxygen atoms in total. The summed E-state index contributed by atoms with van der Waals surface area (Å²) in [4.78, 5) is 0. The summed E-state index contributed by atoms with van der Waals surface area (Å²) in [5, 5.41) is 3.96. The van der Waals surface area contributed by atoms with Gasteiger partial charge in [-0.25, -0.2) is 0 Å². The smallest absolute Gasteiger partial charge is 0.0409 e. The van der Waals surface area contributed by atoms with Crippen molar-refractivity contribution in [3.8, 4) is 0 Å². The number of fused-ring (bicyclic) bond motifs is 1. The molecule has 1 N–H and O–H groups in total.